The van der Waals surface area contributed by atoms with Crippen LogP contribution in [0.4, 0.5) is 0 Å². The number of ether oxygens (including phenoxy) is 4. The topological polar surface area (TPSA) is 54.0 Å². The molecule has 4 atom stereocenters. The van der Waals surface area contributed by atoms with Gasteiger partial charge in [0.25, 0.3) is 0 Å². The van der Waals surface area contributed by atoms with Crippen LogP contribution in [0, 0.1) is 11.8 Å². The van der Waals surface area contributed by atoms with Crippen LogP contribution < -0.4 is 0 Å². The third kappa shape index (κ3) is 4.13. The van der Waals surface area contributed by atoms with Crippen molar-refractivity contribution in [3.63, 3.8) is 0 Å². The van der Waals surface area contributed by atoms with Crippen LogP contribution in [-0.2, 0) is 23.7 Å². The van der Waals surface area contributed by atoms with E-state index < -0.39 is 23.4 Å². The molecule has 0 amide bonds. The summed E-state index contributed by atoms with van der Waals surface area (Å²) in [5.41, 5.74) is 0. The van der Waals surface area contributed by atoms with Crippen LogP contribution in [0.5, 0.6) is 0 Å². The molecule has 22 heavy (non-hydrogen) atoms. The smallest absolute Gasteiger partial charge is 0.163 e. The molecule has 0 aromatic heterocycles. The Kier molecular flexibility index (Phi) is 5.79. The maximum absolute atomic E-state index is 12.9. The molecule has 4 unspecified atom stereocenters. The minimum absolute atomic E-state index is 0.0531. The molecule has 0 aromatic carbocycles. The fourth-order valence-electron chi connectivity index (χ4n) is 2.82. The number of halogens is 2. The number of carbonyl (C=O) groups is 1. The molecule has 0 bridgehead atoms. The summed E-state index contributed by atoms with van der Waals surface area (Å²) in [6.45, 7) is 7.96. The van der Waals surface area contributed by atoms with E-state index in [0.29, 0.717) is 13.2 Å². The zero-order valence-electron chi connectivity index (χ0n) is 13.4. The lowest BCUT2D eigenvalue weighted by Crippen LogP contribution is -2.42. The predicted molar refractivity (Wildman–Crippen MR) is 83.2 cm³/mol. The Morgan fingerprint density at radius 3 is 1.55 bits per heavy atom. The van der Waals surface area contributed by atoms with E-state index in [1.54, 1.807) is 0 Å². The van der Waals surface area contributed by atoms with Gasteiger partial charge in [-0.15, -0.1) is 23.2 Å². The average molecular weight is 355 g/mol. The van der Waals surface area contributed by atoms with Crippen molar-refractivity contribution in [2.75, 3.05) is 25.0 Å². The maximum atomic E-state index is 12.9. The first-order valence-electron chi connectivity index (χ1n) is 7.48. The Bertz CT molecular complexity index is 377. The summed E-state index contributed by atoms with van der Waals surface area (Å²) in [5.74, 6) is -2.07. The minimum Gasteiger partial charge on any atom is -0.348 e. The van der Waals surface area contributed by atoms with Gasteiger partial charge in [-0.2, -0.15) is 0 Å². The molecule has 128 valence electrons. The van der Waals surface area contributed by atoms with Crippen molar-refractivity contribution in [2.24, 2.45) is 11.8 Å². The zero-order chi connectivity index (χ0) is 16.5. The highest BCUT2D eigenvalue weighted by Crippen LogP contribution is 2.33. The Hall–Kier alpha value is 0.0900. The maximum Gasteiger partial charge on any atom is 0.163 e. The molecule has 2 aliphatic rings. The number of hydrogen-bond donors (Lipinski definition) is 0. The summed E-state index contributed by atoms with van der Waals surface area (Å²) < 4.78 is 22.6. The van der Waals surface area contributed by atoms with Crippen molar-refractivity contribution in [3.8, 4) is 0 Å². The summed E-state index contributed by atoms with van der Waals surface area (Å²) in [5, 5.41) is 0. The van der Waals surface area contributed by atoms with Gasteiger partial charge in [-0.05, 0) is 27.7 Å². The van der Waals surface area contributed by atoms with Crippen LogP contribution >= 0.6 is 23.2 Å². The van der Waals surface area contributed by atoms with E-state index in [1.165, 1.54) is 0 Å². The standard InChI is InChI=1S/C15H24Cl2O5/c1-14(2)19-7-11(21-14)9(5-16)13(18)10(6-17)12-8-20-15(3,4)22-12/h9-12H,5-8H2,1-4H3. The number of carbonyl (C=O) groups excluding carboxylic acids is 1. The molecule has 7 heteroatoms. The molecule has 2 rings (SSSR count). The van der Waals surface area contributed by atoms with Crippen LogP contribution in [0.2, 0.25) is 0 Å². The van der Waals surface area contributed by atoms with E-state index >= 15 is 0 Å². The second kappa shape index (κ2) is 6.91. The molecule has 2 saturated heterocycles. The van der Waals surface area contributed by atoms with Gasteiger partial charge in [0.2, 0.25) is 0 Å². The fraction of sp³-hybridized carbons (Fsp3) is 0.933. The summed E-state index contributed by atoms with van der Waals surface area (Å²) in [7, 11) is 0. The lowest BCUT2D eigenvalue weighted by atomic mass is 9.88. The summed E-state index contributed by atoms with van der Waals surface area (Å²) in [6.07, 6.45) is -0.720. The second-order valence-electron chi connectivity index (χ2n) is 6.66. The van der Waals surface area contributed by atoms with Gasteiger partial charge >= 0.3 is 0 Å². The Balaban J connectivity index is 2.06. The van der Waals surface area contributed by atoms with Gasteiger partial charge in [0.15, 0.2) is 11.6 Å². The molecule has 0 saturated carbocycles. The first-order valence-corrected chi connectivity index (χ1v) is 8.55. The predicted octanol–water partition coefficient (Wildman–Crippen LogP) is 2.57. The summed E-state index contributed by atoms with van der Waals surface area (Å²) >= 11 is 12.1. The van der Waals surface area contributed by atoms with E-state index in [9.17, 15) is 4.79 Å². The monoisotopic (exact) mass is 354 g/mol. The van der Waals surface area contributed by atoms with Gasteiger partial charge < -0.3 is 18.9 Å². The van der Waals surface area contributed by atoms with E-state index in [4.69, 9.17) is 42.1 Å². The highest BCUT2D eigenvalue weighted by atomic mass is 35.5. The van der Waals surface area contributed by atoms with Crippen LogP contribution in [0.1, 0.15) is 27.7 Å². The molecule has 0 aliphatic carbocycles. The number of Topliss-reactive ketones (excluding diaryl/α,β-unsaturated/α-hetero) is 1. The van der Waals surface area contributed by atoms with Gasteiger partial charge in [0, 0.05) is 11.8 Å². The van der Waals surface area contributed by atoms with Crippen molar-refractivity contribution in [1.82, 2.24) is 0 Å². The Morgan fingerprint density at radius 2 is 1.32 bits per heavy atom. The Morgan fingerprint density at radius 1 is 0.955 bits per heavy atom. The van der Waals surface area contributed by atoms with Gasteiger partial charge in [0.1, 0.15) is 5.78 Å². The van der Waals surface area contributed by atoms with E-state index in [0.717, 1.165) is 0 Å². The summed E-state index contributed by atoms with van der Waals surface area (Å²) in [6, 6.07) is 0. The largest absolute Gasteiger partial charge is 0.348 e. The zero-order valence-corrected chi connectivity index (χ0v) is 14.9. The summed E-state index contributed by atoms with van der Waals surface area (Å²) in [4.78, 5) is 12.9. The molecule has 0 N–H and O–H groups in total. The number of hydrogen-bond acceptors (Lipinski definition) is 5. The molecule has 2 heterocycles. The molecule has 0 spiro atoms. The van der Waals surface area contributed by atoms with Gasteiger partial charge in [-0.3, -0.25) is 4.79 Å². The average Bonchev–Trinajstić information content (AvgIpc) is 2.94. The van der Waals surface area contributed by atoms with Crippen LogP contribution in [0.15, 0.2) is 0 Å². The Labute approximate surface area is 141 Å². The van der Waals surface area contributed by atoms with Gasteiger partial charge in [-0.25, -0.2) is 0 Å². The quantitative estimate of drug-likeness (QED) is 0.686. The molecule has 0 radical (unpaired) electrons. The van der Waals surface area contributed by atoms with Crippen molar-refractivity contribution < 1.29 is 23.7 Å². The van der Waals surface area contributed by atoms with E-state index in [1.807, 2.05) is 27.7 Å². The number of ketones is 1. The number of alkyl halides is 2. The molecule has 5 nitrogen and oxygen atoms in total. The third-order valence-corrected chi connectivity index (χ3v) is 4.69. The minimum atomic E-state index is -0.694. The highest BCUT2D eigenvalue weighted by Gasteiger charge is 2.46. The lowest BCUT2D eigenvalue weighted by molar-refractivity contribution is -0.156. The van der Waals surface area contributed by atoms with Crippen LogP contribution in [0.25, 0.3) is 0 Å². The fourth-order valence-corrected chi connectivity index (χ4v) is 3.52. The molecular weight excluding hydrogens is 331 g/mol. The highest BCUT2D eigenvalue weighted by molar-refractivity contribution is 6.21. The van der Waals surface area contributed by atoms with Crippen molar-refractivity contribution in [3.05, 3.63) is 0 Å². The van der Waals surface area contributed by atoms with E-state index in [2.05, 4.69) is 0 Å². The normalized spacial score (nSPS) is 32.8. The van der Waals surface area contributed by atoms with Crippen molar-refractivity contribution in [2.45, 2.75) is 51.5 Å². The van der Waals surface area contributed by atoms with Crippen molar-refractivity contribution >= 4 is 29.0 Å². The molecule has 2 aliphatic heterocycles. The van der Waals surface area contributed by atoms with Crippen molar-refractivity contribution in [1.29, 1.82) is 0 Å². The molecule has 2 fully saturated rings. The van der Waals surface area contributed by atoms with Gasteiger partial charge in [-0.1, -0.05) is 0 Å². The lowest BCUT2D eigenvalue weighted by Gasteiger charge is -2.27. The van der Waals surface area contributed by atoms with Crippen LogP contribution in [-0.4, -0.2) is 54.5 Å². The third-order valence-electron chi connectivity index (χ3n) is 4.02. The van der Waals surface area contributed by atoms with E-state index in [-0.39, 0.29) is 29.8 Å². The molecule has 0 aromatic rings. The first kappa shape index (κ1) is 18.4. The van der Waals surface area contributed by atoms with Crippen LogP contribution in [0.3, 0.4) is 0 Å². The first-order chi connectivity index (χ1) is 10.2. The second-order valence-corrected chi connectivity index (χ2v) is 7.28. The molecular formula is C15H24Cl2O5. The number of rotatable bonds is 6. The van der Waals surface area contributed by atoms with Gasteiger partial charge in [0.05, 0.1) is 37.3 Å². The SMILES string of the molecule is CC1(C)OCC(C(CCl)C(=O)C(CCl)C2COC(C)(C)O2)O1.